The average molecular weight is 298 g/mol. The molecule has 0 atom stereocenters. The Balaban J connectivity index is 1.84. The van der Waals surface area contributed by atoms with Gasteiger partial charge in [0.2, 0.25) is 0 Å². The minimum Gasteiger partial charge on any atom is -0.422 e. The van der Waals surface area contributed by atoms with Crippen molar-refractivity contribution in [3.63, 3.8) is 0 Å². The van der Waals surface area contributed by atoms with Gasteiger partial charge in [-0.3, -0.25) is 0 Å². The van der Waals surface area contributed by atoms with Crippen LogP contribution in [0.5, 0.6) is 5.75 Å². The van der Waals surface area contributed by atoms with Gasteiger partial charge in [0.25, 0.3) is 0 Å². The third kappa shape index (κ3) is 3.87. The van der Waals surface area contributed by atoms with Gasteiger partial charge in [0.05, 0.1) is 11.1 Å². The van der Waals surface area contributed by atoms with E-state index in [2.05, 4.69) is 11.8 Å². The topological polar surface area (TPSA) is 26.3 Å². The van der Waals surface area contributed by atoms with Crippen LogP contribution >= 0.6 is 0 Å². The van der Waals surface area contributed by atoms with E-state index in [4.69, 9.17) is 4.74 Å². The van der Waals surface area contributed by atoms with Crippen molar-refractivity contribution in [2.45, 2.75) is 0 Å². The Morgan fingerprint density at radius 2 is 1.30 bits per heavy atom. The van der Waals surface area contributed by atoms with Gasteiger partial charge in [0, 0.05) is 5.56 Å². The third-order valence-corrected chi connectivity index (χ3v) is 3.21. The van der Waals surface area contributed by atoms with Crippen molar-refractivity contribution in [1.82, 2.24) is 0 Å². The smallest absolute Gasteiger partial charge is 0.343 e. The van der Waals surface area contributed by atoms with Crippen LogP contribution in [-0.2, 0) is 0 Å². The Morgan fingerprint density at radius 1 is 0.696 bits per heavy atom. The Kier molecular flexibility index (Phi) is 4.52. The number of esters is 1. The first-order chi connectivity index (χ1) is 11.3. The van der Waals surface area contributed by atoms with E-state index in [1.54, 1.807) is 30.3 Å². The lowest BCUT2D eigenvalue weighted by atomic mass is 10.1. The zero-order valence-corrected chi connectivity index (χ0v) is 12.4. The highest BCUT2D eigenvalue weighted by molar-refractivity contribution is 5.91. The first-order valence-electron chi connectivity index (χ1n) is 7.26. The van der Waals surface area contributed by atoms with E-state index in [0.717, 1.165) is 5.56 Å². The predicted octanol–water partition coefficient (Wildman–Crippen LogP) is 4.31. The molecule has 3 aromatic carbocycles. The molecule has 2 nitrogen and oxygen atoms in total. The number of carbonyl (C=O) groups is 1. The van der Waals surface area contributed by atoms with Gasteiger partial charge in [0.15, 0.2) is 0 Å². The summed E-state index contributed by atoms with van der Waals surface area (Å²) in [5, 5.41) is 0. The van der Waals surface area contributed by atoms with Gasteiger partial charge in [-0.2, -0.15) is 0 Å². The first-order valence-corrected chi connectivity index (χ1v) is 7.26. The van der Waals surface area contributed by atoms with E-state index >= 15 is 0 Å². The maximum Gasteiger partial charge on any atom is 0.343 e. The van der Waals surface area contributed by atoms with E-state index in [0.29, 0.717) is 16.9 Å². The summed E-state index contributed by atoms with van der Waals surface area (Å²) in [6.07, 6.45) is 0. The summed E-state index contributed by atoms with van der Waals surface area (Å²) in [7, 11) is 0. The summed E-state index contributed by atoms with van der Waals surface area (Å²) in [6.45, 7) is 0. The van der Waals surface area contributed by atoms with Gasteiger partial charge in [-0.25, -0.2) is 4.79 Å². The van der Waals surface area contributed by atoms with Crippen molar-refractivity contribution in [3.8, 4) is 17.6 Å². The number of carbonyl (C=O) groups excluding carboxylic acids is 1. The molecule has 0 bridgehead atoms. The largest absolute Gasteiger partial charge is 0.422 e. The molecule has 0 spiro atoms. The van der Waals surface area contributed by atoms with Crippen LogP contribution in [0.1, 0.15) is 21.5 Å². The molecule has 2 heteroatoms. The molecule has 0 aliphatic carbocycles. The second kappa shape index (κ2) is 7.11. The molecule has 0 fully saturated rings. The Morgan fingerprint density at radius 3 is 2.04 bits per heavy atom. The third-order valence-electron chi connectivity index (χ3n) is 3.21. The monoisotopic (exact) mass is 298 g/mol. The highest BCUT2D eigenvalue weighted by Gasteiger charge is 2.09. The molecule has 0 heterocycles. The van der Waals surface area contributed by atoms with Crippen molar-refractivity contribution in [2.24, 2.45) is 0 Å². The van der Waals surface area contributed by atoms with Crippen LogP contribution in [0.25, 0.3) is 0 Å². The number of ether oxygens (including phenoxy) is 1. The van der Waals surface area contributed by atoms with E-state index in [1.165, 1.54) is 0 Å². The van der Waals surface area contributed by atoms with Crippen LogP contribution in [0.3, 0.4) is 0 Å². The fraction of sp³-hybridized carbons (Fsp3) is 0. The summed E-state index contributed by atoms with van der Waals surface area (Å²) >= 11 is 0. The van der Waals surface area contributed by atoms with E-state index < -0.39 is 0 Å². The summed E-state index contributed by atoms with van der Waals surface area (Å²) in [4.78, 5) is 12.2. The fourth-order valence-electron chi connectivity index (χ4n) is 2.05. The van der Waals surface area contributed by atoms with Gasteiger partial charge < -0.3 is 4.74 Å². The molecule has 3 aromatic rings. The van der Waals surface area contributed by atoms with E-state index in [9.17, 15) is 4.79 Å². The Bertz CT molecular complexity index is 856. The molecule has 3 rings (SSSR count). The second-order valence-corrected chi connectivity index (χ2v) is 4.87. The van der Waals surface area contributed by atoms with Crippen LogP contribution in [0, 0.1) is 11.8 Å². The molecule has 0 saturated carbocycles. The number of hydrogen-bond donors (Lipinski definition) is 0. The fourth-order valence-corrected chi connectivity index (χ4v) is 2.05. The van der Waals surface area contributed by atoms with Crippen molar-refractivity contribution >= 4 is 5.97 Å². The van der Waals surface area contributed by atoms with Crippen molar-refractivity contribution in [2.75, 3.05) is 0 Å². The minimum atomic E-state index is -0.389. The highest BCUT2D eigenvalue weighted by Crippen LogP contribution is 2.18. The maximum absolute atomic E-state index is 12.2. The van der Waals surface area contributed by atoms with Gasteiger partial charge in [0.1, 0.15) is 5.75 Å². The second-order valence-electron chi connectivity index (χ2n) is 4.87. The number of para-hydroxylation sites is 1. The molecule has 0 saturated heterocycles. The highest BCUT2D eigenvalue weighted by atomic mass is 16.5. The van der Waals surface area contributed by atoms with E-state index in [-0.39, 0.29) is 5.97 Å². The molecule has 110 valence electrons. The zero-order chi connectivity index (χ0) is 15.9. The lowest BCUT2D eigenvalue weighted by Gasteiger charge is -2.06. The minimum absolute atomic E-state index is 0.389. The van der Waals surface area contributed by atoms with Gasteiger partial charge in [-0.15, -0.1) is 0 Å². The Labute approximate surface area is 135 Å². The molecule has 0 amide bonds. The number of hydrogen-bond acceptors (Lipinski definition) is 2. The van der Waals surface area contributed by atoms with Crippen molar-refractivity contribution in [1.29, 1.82) is 0 Å². The average Bonchev–Trinajstić information content (AvgIpc) is 2.62. The SMILES string of the molecule is O=C(Oc1ccccc1C#Cc1ccccc1)c1ccccc1. The van der Waals surface area contributed by atoms with Crippen LogP contribution in [-0.4, -0.2) is 5.97 Å². The van der Waals surface area contributed by atoms with Crippen molar-refractivity contribution in [3.05, 3.63) is 102 Å². The quantitative estimate of drug-likeness (QED) is 0.400. The standard InChI is InChI=1S/C21H14O2/c22-21(19-12-5-2-6-13-19)23-20-14-8-7-11-18(20)16-15-17-9-3-1-4-10-17/h1-14H. The summed E-state index contributed by atoms with van der Waals surface area (Å²) in [6, 6.07) is 25.9. The maximum atomic E-state index is 12.2. The molecule has 0 aliphatic rings. The number of benzene rings is 3. The van der Waals surface area contributed by atoms with Gasteiger partial charge in [-0.05, 0) is 36.4 Å². The molecule has 0 aromatic heterocycles. The van der Waals surface area contributed by atoms with Crippen molar-refractivity contribution < 1.29 is 9.53 Å². The first kappa shape index (κ1) is 14.6. The van der Waals surface area contributed by atoms with Gasteiger partial charge >= 0.3 is 5.97 Å². The molecule has 23 heavy (non-hydrogen) atoms. The summed E-state index contributed by atoms with van der Waals surface area (Å²) in [5.41, 5.74) is 2.11. The molecular formula is C21H14O2. The van der Waals surface area contributed by atoms with Crippen LogP contribution < -0.4 is 4.74 Å². The van der Waals surface area contributed by atoms with Crippen LogP contribution in [0.15, 0.2) is 84.9 Å². The zero-order valence-electron chi connectivity index (χ0n) is 12.4. The predicted molar refractivity (Wildman–Crippen MR) is 90.3 cm³/mol. The van der Waals surface area contributed by atoms with Crippen LogP contribution in [0.4, 0.5) is 0 Å². The molecular weight excluding hydrogens is 284 g/mol. The van der Waals surface area contributed by atoms with Gasteiger partial charge in [-0.1, -0.05) is 60.4 Å². The Hall–Kier alpha value is -3.31. The number of rotatable bonds is 2. The molecule has 0 unspecified atom stereocenters. The molecule has 0 aliphatic heterocycles. The summed E-state index contributed by atoms with van der Waals surface area (Å²) in [5.74, 6) is 6.21. The molecule has 0 radical (unpaired) electrons. The lowest BCUT2D eigenvalue weighted by Crippen LogP contribution is -2.09. The van der Waals surface area contributed by atoms with Crippen LogP contribution in [0.2, 0.25) is 0 Å². The normalized spacial score (nSPS) is 9.57. The lowest BCUT2D eigenvalue weighted by molar-refractivity contribution is 0.0734. The molecule has 0 N–H and O–H groups in total. The summed E-state index contributed by atoms with van der Waals surface area (Å²) < 4.78 is 5.48. The van der Waals surface area contributed by atoms with E-state index in [1.807, 2.05) is 54.6 Å².